The molecule has 2 aromatic carbocycles. The van der Waals surface area contributed by atoms with Crippen LogP contribution in [0.1, 0.15) is 48.9 Å². The molecular weight excluding hydrogens is 365 g/mol. The van der Waals surface area contributed by atoms with E-state index in [0.29, 0.717) is 13.0 Å². The fourth-order valence-electron chi connectivity index (χ4n) is 4.12. The Labute approximate surface area is 172 Å². The molecule has 152 valence electrons. The minimum atomic E-state index is -0.288. The van der Waals surface area contributed by atoms with Crippen LogP contribution < -0.4 is 0 Å². The minimum Gasteiger partial charge on any atom is -0.294 e. The van der Waals surface area contributed by atoms with E-state index in [1.807, 2.05) is 25.1 Å². The van der Waals surface area contributed by atoms with Crippen molar-refractivity contribution in [2.45, 2.75) is 39.2 Å². The molecule has 4 nitrogen and oxygen atoms in total. The Morgan fingerprint density at radius 1 is 1.14 bits per heavy atom. The molecule has 2 aromatic rings. The van der Waals surface area contributed by atoms with E-state index in [2.05, 4.69) is 24.0 Å². The van der Waals surface area contributed by atoms with E-state index >= 15 is 0 Å². The lowest BCUT2D eigenvalue weighted by Crippen LogP contribution is -2.41. The number of halogens is 1. The number of likely N-dealkylation sites (tertiary alicyclic amines) is 1. The van der Waals surface area contributed by atoms with Crippen molar-refractivity contribution in [1.82, 2.24) is 9.91 Å². The van der Waals surface area contributed by atoms with Gasteiger partial charge in [0, 0.05) is 6.42 Å². The number of carbonyl (C=O) groups is 1. The SMILES string of the molecule is Cc1ccc(C2=NN(C(=O)CN3CCC(C)CC3)[C@@H](c3cccc(F)c3)C2)cc1. The zero-order valence-corrected chi connectivity index (χ0v) is 17.1. The van der Waals surface area contributed by atoms with Crippen molar-refractivity contribution in [2.75, 3.05) is 19.6 Å². The number of carbonyl (C=O) groups excluding carboxylic acids is 1. The summed E-state index contributed by atoms with van der Waals surface area (Å²) in [7, 11) is 0. The average molecular weight is 394 g/mol. The highest BCUT2D eigenvalue weighted by molar-refractivity contribution is 6.03. The molecule has 1 saturated heterocycles. The molecule has 0 aliphatic carbocycles. The predicted octanol–water partition coefficient (Wildman–Crippen LogP) is 4.54. The maximum atomic E-state index is 13.9. The van der Waals surface area contributed by atoms with E-state index in [1.54, 1.807) is 11.1 Å². The third kappa shape index (κ3) is 4.56. The number of hydrazone groups is 1. The number of aryl methyl sites for hydroxylation is 1. The van der Waals surface area contributed by atoms with E-state index in [1.165, 1.54) is 17.7 Å². The fourth-order valence-corrected chi connectivity index (χ4v) is 4.12. The van der Waals surface area contributed by atoms with Crippen molar-refractivity contribution in [3.63, 3.8) is 0 Å². The smallest absolute Gasteiger partial charge is 0.257 e. The van der Waals surface area contributed by atoms with E-state index in [4.69, 9.17) is 5.10 Å². The monoisotopic (exact) mass is 393 g/mol. The normalized spacial score (nSPS) is 20.7. The summed E-state index contributed by atoms with van der Waals surface area (Å²) in [5, 5.41) is 6.29. The molecular formula is C24H28FN3O. The molecule has 0 N–H and O–H groups in total. The standard InChI is InChI=1S/C24H28FN3O/c1-17-6-8-19(9-7-17)22-15-23(20-4-3-5-21(25)14-20)28(26-22)24(29)16-27-12-10-18(2)11-13-27/h3-9,14,18,23H,10-13,15-16H2,1-2H3/t23-/m1/s1. The van der Waals surface area contributed by atoms with Gasteiger partial charge in [-0.15, -0.1) is 0 Å². The van der Waals surface area contributed by atoms with Gasteiger partial charge in [0.25, 0.3) is 5.91 Å². The Morgan fingerprint density at radius 2 is 1.86 bits per heavy atom. The van der Waals surface area contributed by atoms with Crippen LogP contribution in [-0.4, -0.2) is 41.2 Å². The number of hydrogen-bond donors (Lipinski definition) is 0. The first-order valence-corrected chi connectivity index (χ1v) is 10.4. The maximum absolute atomic E-state index is 13.9. The molecule has 1 atom stereocenters. The van der Waals surface area contributed by atoms with Gasteiger partial charge in [0.1, 0.15) is 5.82 Å². The molecule has 0 aromatic heterocycles. The van der Waals surface area contributed by atoms with Crippen LogP contribution >= 0.6 is 0 Å². The Balaban J connectivity index is 1.58. The van der Waals surface area contributed by atoms with Crippen LogP contribution in [0.15, 0.2) is 53.6 Å². The summed E-state index contributed by atoms with van der Waals surface area (Å²) in [5.41, 5.74) is 3.86. The molecule has 0 radical (unpaired) electrons. The second-order valence-corrected chi connectivity index (χ2v) is 8.38. The van der Waals surface area contributed by atoms with Gasteiger partial charge < -0.3 is 0 Å². The Morgan fingerprint density at radius 3 is 2.55 bits per heavy atom. The number of nitrogens with zero attached hydrogens (tertiary/aromatic N) is 3. The third-order valence-corrected chi connectivity index (χ3v) is 6.02. The molecule has 2 aliphatic rings. The highest BCUT2D eigenvalue weighted by Crippen LogP contribution is 2.33. The van der Waals surface area contributed by atoms with Gasteiger partial charge in [-0.1, -0.05) is 48.9 Å². The topological polar surface area (TPSA) is 35.9 Å². The van der Waals surface area contributed by atoms with Crippen molar-refractivity contribution in [1.29, 1.82) is 0 Å². The van der Waals surface area contributed by atoms with Gasteiger partial charge >= 0.3 is 0 Å². The van der Waals surface area contributed by atoms with Gasteiger partial charge in [-0.25, -0.2) is 9.40 Å². The van der Waals surface area contributed by atoms with Gasteiger partial charge in [-0.05, 0) is 62.0 Å². The van der Waals surface area contributed by atoms with Crippen LogP contribution in [0.5, 0.6) is 0 Å². The van der Waals surface area contributed by atoms with Crippen molar-refractivity contribution in [2.24, 2.45) is 11.0 Å². The summed E-state index contributed by atoms with van der Waals surface area (Å²) in [6.45, 7) is 6.56. The lowest BCUT2D eigenvalue weighted by Gasteiger charge is -2.31. The molecule has 0 spiro atoms. The molecule has 4 rings (SSSR count). The lowest BCUT2D eigenvalue weighted by molar-refractivity contribution is -0.134. The molecule has 0 saturated carbocycles. The van der Waals surface area contributed by atoms with E-state index in [9.17, 15) is 9.18 Å². The van der Waals surface area contributed by atoms with E-state index < -0.39 is 0 Å². The minimum absolute atomic E-state index is 0.0177. The summed E-state index contributed by atoms with van der Waals surface area (Å²) in [4.78, 5) is 15.4. The van der Waals surface area contributed by atoms with Gasteiger partial charge in [-0.2, -0.15) is 5.10 Å². The first kappa shape index (κ1) is 19.8. The van der Waals surface area contributed by atoms with E-state index in [0.717, 1.165) is 48.7 Å². The highest BCUT2D eigenvalue weighted by atomic mass is 19.1. The zero-order valence-electron chi connectivity index (χ0n) is 17.1. The van der Waals surface area contributed by atoms with Crippen molar-refractivity contribution >= 4 is 11.6 Å². The molecule has 2 heterocycles. The molecule has 1 fully saturated rings. The second kappa shape index (κ2) is 8.46. The van der Waals surface area contributed by atoms with Crippen molar-refractivity contribution in [3.05, 3.63) is 71.0 Å². The number of rotatable bonds is 4. The summed E-state index contributed by atoms with van der Waals surface area (Å²) in [6, 6.07) is 14.4. The fraction of sp³-hybridized carbons (Fsp3) is 0.417. The van der Waals surface area contributed by atoms with Crippen molar-refractivity contribution in [3.8, 4) is 0 Å². The number of amides is 1. The van der Waals surface area contributed by atoms with E-state index in [-0.39, 0.29) is 17.8 Å². The average Bonchev–Trinajstić information content (AvgIpc) is 3.16. The van der Waals surface area contributed by atoms with Crippen LogP contribution in [0.2, 0.25) is 0 Å². The Bertz CT molecular complexity index is 901. The molecule has 2 aliphatic heterocycles. The maximum Gasteiger partial charge on any atom is 0.257 e. The van der Waals surface area contributed by atoms with Gasteiger partial charge in [0.05, 0.1) is 18.3 Å². The second-order valence-electron chi connectivity index (χ2n) is 8.38. The van der Waals surface area contributed by atoms with Gasteiger partial charge in [0.15, 0.2) is 0 Å². The summed E-state index contributed by atoms with van der Waals surface area (Å²) >= 11 is 0. The summed E-state index contributed by atoms with van der Waals surface area (Å²) < 4.78 is 13.9. The van der Waals surface area contributed by atoms with Gasteiger partial charge in [0.2, 0.25) is 0 Å². The number of piperidine rings is 1. The largest absolute Gasteiger partial charge is 0.294 e. The van der Waals surface area contributed by atoms with Crippen LogP contribution in [-0.2, 0) is 4.79 Å². The van der Waals surface area contributed by atoms with Crippen LogP contribution in [0.3, 0.4) is 0 Å². The molecule has 5 heteroatoms. The quantitative estimate of drug-likeness (QED) is 0.764. The Kier molecular flexibility index (Phi) is 5.76. The first-order chi connectivity index (χ1) is 14.0. The van der Waals surface area contributed by atoms with Crippen LogP contribution in [0, 0.1) is 18.7 Å². The molecule has 0 unspecified atom stereocenters. The zero-order chi connectivity index (χ0) is 20.4. The lowest BCUT2D eigenvalue weighted by atomic mass is 9.97. The molecule has 29 heavy (non-hydrogen) atoms. The third-order valence-electron chi connectivity index (χ3n) is 6.02. The summed E-state index contributed by atoms with van der Waals surface area (Å²) in [6.07, 6.45) is 2.84. The number of benzene rings is 2. The molecule has 0 bridgehead atoms. The Hall–Kier alpha value is -2.53. The summed E-state index contributed by atoms with van der Waals surface area (Å²) in [5.74, 6) is 0.416. The number of hydrogen-bond acceptors (Lipinski definition) is 3. The molecule has 1 amide bonds. The van der Waals surface area contributed by atoms with Gasteiger partial charge in [-0.3, -0.25) is 9.69 Å². The van der Waals surface area contributed by atoms with Crippen LogP contribution in [0.25, 0.3) is 0 Å². The van der Waals surface area contributed by atoms with Crippen LogP contribution in [0.4, 0.5) is 4.39 Å². The highest BCUT2D eigenvalue weighted by Gasteiger charge is 2.34. The predicted molar refractivity (Wildman–Crippen MR) is 113 cm³/mol. The first-order valence-electron chi connectivity index (χ1n) is 10.4. The van der Waals surface area contributed by atoms with Crippen molar-refractivity contribution < 1.29 is 9.18 Å².